The van der Waals surface area contributed by atoms with Gasteiger partial charge in [-0.15, -0.1) is 0 Å². The van der Waals surface area contributed by atoms with Crippen LogP contribution < -0.4 is 11.1 Å². The number of hydrogen-bond acceptors (Lipinski definition) is 4. The normalized spacial score (nSPS) is 18.2. The summed E-state index contributed by atoms with van der Waals surface area (Å²) in [5.41, 5.74) is 1.26. The lowest BCUT2D eigenvalue weighted by Gasteiger charge is -2.10. The summed E-state index contributed by atoms with van der Waals surface area (Å²) in [6, 6.07) is 7.20. The highest BCUT2D eigenvalue weighted by atomic mass is 16.5. The molecule has 6 heteroatoms. The molecular formula is C15H18N2O4. The molecule has 1 saturated heterocycles. The van der Waals surface area contributed by atoms with Gasteiger partial charge in [0.1, 0.15) is 0 Å². The van der Waals surface area contributed by atoms with E-state index in [9.17, 15) is 9.59 Å². The summed E-state index contributed by atoms with van der Waals surface area (Å²) < 4.78 is 12.1. The molecule has 2 heterocycles. The van der Waals surface area contributed by atoms with Crippen LogP contribution in [0, 0.1) is 0 Å². The summed E-state index contributed by atoms with van der Waals surface area (Å²) in [6.45, 7) is 1.63. The van der Waals surface area contributed by atoms with Crippen molar-refractivity contribution in [1.29, 1.82) is 0 Å². The Morgan fingerprint density at radius 3 is 3.05 bits per heavy atom. The van der Waals surface area contributed by atoms with Crippen LogP contribution >= 0.6 is 0 Å². The van der Waals surface area contributed by atoms with Crippen molar-refractivity contribution in [3.8, 4) is 0 Å². The molecule has 1 unspecified atom stereocenters. The van der Waals surface area contributed by atoms with Gasteiger partial charge >= 0.3 is 5.76 Å². The number of para-hydroxylation sites is 2. The van der Waals surface area contributed by atoms with E-state index in [-0.39, 0.29) is 18.4 Å². The van der Waals surface area contributed by atoms with Gasteiger partial charge in [0.25, 0.3) is 0 Å². The van der Waals surface area contributed by atoms with Crippen LogP contribution in [0.15, 0.2) is 33.5 Å². The number of carbonyl (C=O) groups excluding carboxylic acids is 1. The van der Waals surface area contributed by atoms with E-state index in [0.717, 1.165) is 25.0 Å². The van der Waals surface area contributed by atoms with Crippen molar-refractivity contribution in [1.82, 2.24) is 9.88 Å². The molecule has 0 aliphatic carbocycles. The van der Waals surface area contributed by atoms with Crippen LogP contribution in [0.25, 0.3) is 11.1 Å². The van der Waals surface area contributed by atoms with Crippen molar-refractivity contribution in [3.05, 3.63) is 34.8 Å². The smallest absolute Gasteiger partial charge is 0.408 e. The number of rotatable bonds is 5. The van der Waals surface area contributed by atoms with Crippen LogP contribution in [-0.2, 0) is 16.1 Å². The molecule has 1 N–H and O–H groups in total. The average Bonchev–Trinajstić information content (AvgIpc) is 3.10. The minimum Gasteiger partial charge on any atom is -0.408 e. The van der Waals surface area contributed by atoms with Crippen molar-refractivity contribution in [2.45, 2.75) is 31.9 Å². The van der Waals surface area contributed by atoms with E-state index in [2.05, 4.69) is 5.32 Å². The molecule has 0 bridgehead atoms. The lowest BCUT2D eigenvalue weighted by molar-refractivity contribution is -0.121. The van der Waals surface area contributed by atoms with Gasteiger partial charge in [0.15, 0.2) is 5.58 Å². The van der Waals surface area contributed by atoms with Crippen molar-refractivity contribution in [2.75, 3.05) is 13.2 Å². The zero-order chi connectivity index (χ0) is 14.7. The first kappa shape index (κ1) is 13.9. The zero-order valence-electron chi connectivity index (χ0n) is 11.7. The number of nitrogens with one attached hydrogen (secondary N) is 1. The second-order valence-electron chi connectivity index (χ2n) is 5.18. The highest BCUT2D eigenvalue weighted by molar-refractivity contribution is 5.76. The molecule has 1 amide bonds. The Kier molecular flexibility index (Phi) is 4.06. The van der Waals surface area contributed by atoms with Crippen LogP contribution in [0.4, 0.5) is 0 Å². The van der Waals surface area contributed by atoms with Crippen LogP contribution in [-0.4, -0.2) is 29.7 Å². The van der Waals surface area contributed by atoms with Crippen LogP contribution in [0.3, 0.4) is 0 Å². The largest absolute Gasteiger partial charge is 0.419 e. The summed E-state index contributed by atoms with van der Waals surface area (Å²) in [5, 5.41) is 2.84. The van der Waals surface area contributed by atoms with Crippen molar-refractivity contribution in [2.24, 2.45) is 0 Å². The van der Waals surface area contributed by atoms with Gasteiger partial charge in [0.05, 0.1) is 11.6 Å². The fraction of sp³-hybridized carbons (Fsp3) is 0.467. The number of hydrogen-bond donors (Lipinski definition) is 1. The maximum atomic E-state index is 11.8. The standard InChI is InChI=1S/C15H18N2O4/c18-14(16-10-11-4-3-9-20-11)7-8-17-12-5-1-2-6-13(12)21-15(17)19/h1-2,5-6,11H,3-4,7-10H2,(H,16,18). The highest BCUT2D eigenvalue weighted by Crippen LogP contribution is 2.12. The third-order valence-corrected chi connectivity index (χ3v) is 3.69. The minimum absolute atomic E-state index is 0.0809. The molecule has 1 atom stereocenters. The predicted molar refractivity (Wildman–Crippen MR) is 77.1 cm³/mol. The number of oxazole rings is 1. The Hall–Kier alpha value is -2.08. The third kappa shape index (κ3) is 3.16. The summed E-state index contributed by atoms with van der Waals surface area (Å²) in [4.78, 5) is 23.6. The summed E-state index contributed by atoms with van der Waals surface area (Å²) in [5.74, 6) is -0.509. The molecule has 6 nitrogen and oxygen atoms in total. The van der Waals surface area contributed by atoms with Crippen LogP contribution in [0.5, 0.6) is 0 Å². The van der Waals surface area contributed by atoms with Gasteiger partial charge in [-0.2, -0.15) is 0 Å². The average molecular weight is 290 g/mol. The molecule has 2 aromatic rings. The predicted octanol–water partition coefficient (Wildman–Crippen LogP) is 1.28. The molecule has 3 rings (SSSR count). The maximum absolute atomic E-state index is 11.8. The number of aromatic nitrogens is 1. The van der Waals surface area contributed by atoms with E-state index in [1.54, 1.807) is 6.07 Å². The van der Waals surface area contributed by atoms with Crippen molar-refractivity contribution < 1.29 is 13.9 Å². The van der Waals surface area contributed by atoms with Crippen molar-refractivity contribution >= 4 is 17.0 Å². The maximum Gasteiger partial charge on any atom is 0.419 e. The fourth-order valence-electron chi connectivity index (χ4n) is 2.56. The third-order valence-electron chi connectivity index (χ3n) is 3.69. The van der Waals surface area contributed by atoms with Gasteiger partial charge in [0, 0.05) is 26.1 Å². The van der Waals surface area contributed by atoms with E-state index in [0.29, 0.717) is 18.7 Å². The second-order valence-corrected chi connectivity index (χ2v) is 5.18. The Balaban J connectivity index is 1.57. The number of ether oxygens (including phenoxy) is 1. The molecule has 1 fully saturated rings. The molecule has 0 spiro atoms. The molecule has 1 aliphatic heterocycles. The molecule has 0 radical (unpaired) electrons. The lowest BCUT2D eigenvalue weighted by Crippen LogP contribution is -2.32. The monoisotopic (exact) mass is 290 g/mol. The molecule has 1 aliphatic rings. The number of fused-ring (bicyclic) bond motifs is 1. The van der Waals surface area contributed by atoms with Gasteiger partial charge in [-0.3, -0.25) is 9.36 Å². The Bertz CT molecular complexity index is 682. The van der Waals surface area contributed by atoms with E-state index in [1.165, 1.54) is 4.57 Å². The second kappa shape index (κ2) is 6.13. The van der Waals surface area contributed by atoms with Crippen LogP contribution in [0.1, 0.15) is 19.3 Å². The van der Waals surface area contributed by atoms with E-state index in [1.807, 2.05) is 18.2 Å². The molecule has 0 saturated carbocycles. The number of amides is 1. The number of aryl methyl sites for hydroxylation is 1. The quantitative estimate of drug-likeness (QED) is 0.900. The topological polar surface area (TPSA) is 73.5 Å². The van der Waals surface area contributed by atoms with Gasteiger partial charge in [-0.1, -0.05) is 12.1 Å². The molecule has 1 aromatic carbocycles. The van der Waals surface area contributed by atoms with Gasteiger partial charge in [-0.05, 0) is 25.0 Å². The van der Waals surface area contributed by atoms with Crippen molar-refractivity contribution in [3.63, 3.8) is 0 Å². The molecule has 1 aromatic heterocycles. The van der Waals surface area contributed by atoms with E-state index >= 15 is 0 Å². The molecule has 112 valence electrons. The molecular weight excluding hydrogens is 272 g/mol. The first-order valence-corrected chi connectivity index (χ1v) is 7.21. The number of benzene rings is 1. The fourth-order valence-corrected chi connectivity index (χ4v) is 2.56. The zero-order valence-corrected chi connectivity index (χ0v) is 11.7. The number of carbonyl (C=O) groups is 1. The first-order valence-electron chi connectivity index (χ1n) is 7.21. The number of nitrogens with zero attached hydrogens (tertiary/aromatic N) is 1. The SMILES string of the molecule is O=C(CCn1c(=O)oc2ccccc21)NCC1CCCO1. The van der Waals surface area contributed by atoms with Gasteiger partial charge in [0.2, 0.25) is 5.91 Å². The lowest BCUT2D eigenvalue weighted by atomic mass is 10.2. The first-order chi connectivity index (χ1) is 10.2. The van der Waals surface area contributed by atoms with E-state index < -0.39 is 5.76 Å². The highest BCUT2D eigenvalue weighted by Gasteiger charge is 2.16. The van der Waals surface area contributed by atoms with E-state index in [4.69, 9.17) is 9.15 Å². The Morgan fingerprint density at radius 1 is 1.38 bits per heavy atom. The molecule has 21 heavy (non-hydrogen) atoms. The minimum atomic E-state index is -0.428. The Morgan fingerprint density at radius 2 is 2.24 bits per heavy atom. The Labute approximate surface area is 121 Å². The van der Waals surface area contributed by atoms with Gasteiger partial charge < -0.3 is 14.5 Å². The van der Waals surface area contributed by atoms with Crippen LogP contribution in [0.2, 0.25) is 0 Å². The summed E-state index contributed by atoms with van der Waals surface area (Å²) >= 11 is 0. The van der Waals surface area contributed by atoms with Gasteiger partial charge in [-0.25, -0.2) is 4.79 Å². The summed E-state index contributed by atoms with van der Waals surface area (Å²) in [7, 11) is 0. The summed E-state index contributed by atoms with van der Waals surface area (Å²) in [6.07, 6.45) is 2.42.